The van der Waals surface area contributed by atoms with Gasteiger partial charge < -0.3 is 9.40 Å². The topological polar surface area (TPSA) is 98.3 Å². The fraction of sp³-hybridized carbons (Fsp3) is 0.118. The summed E-state index contributed by atoms with van der Waals surface area (Å²) in [4.78, 5) is 9.16. The number of rotatable bonds is 5. The molecular weight excluding hydrogens is 388 g/mol. The van der Waals surface area contributed by atoms with Crippen LogP contribution in [0.3, 0.4) is 0 Å². The first kappa shape index (κ1) is 16.7. The molecule has 1 N–H and O–H groups in total. The van der Waals surface area contributed by atoms with E-state index < -0.39 is 12.3 Å². The number of pyridine rings is 1. The van der Waals surface area contributed by atoms with Crippen LogP contribution in [0.4, 0.5) is 8.78 Å². The first-order valence-electron chi connectivity index (χ1n) is 8.21. The van der Waals surface area contributed by atoms with Crippen LogP contribution in [0.15, 0.2) is 47.1 Å². The van der Waals surface area contributed by atoms with E-state index in [4.69, 9.17) is 4.42 Å². The van der Waals surface area contributed by atoms with E-state index in [1.54, 1.807) is 16.9 Å². The normalized spacial score (nSPS) is 11.7. The van der Waals surface area contributed by atoms with Gasteiger partial charge in [-0.1, -0.05) is 5.21 Å². The number of aromatic nitrogens is 7. The Bertz CT molecular complexity index is 1260. The highest BCUT2D eigenvalue weighted by molar-refractivity contribution is 7.15. The smallest absolute Gasteiger partial charge is 0.314 e. The molecule has 28 heavy (non-hydrogen) atoms. The van der Waals surface area contributed by atoms with Gasteiger partial charge in [-0.2, -0.15) is 8.78 Å². The zero-order valence-electron chi connectivity index (χ0n) is 14.1. The van der Waals surface area contributed by atoms with Crippen molar-refractivity contribution in [1.29, 1.82) is 0 Å². The molecule has 0 aliphatic carbocycles. The number of aromatic amines is 1. The number of alkyl halides is 2. The number of thiophene rings is 1. The van der Waals surface area contributed by atoms with Crippen LogP contribution in [0.2, 0.25) is 0 Å². The third-order valence-corrected chi connectivity index (χ3v) is 5.09. The van der Waals surface area contributed by atoms with Crippen molar-refractivity contribution >= 4 is 22.4 Å². The van der Waals surface area contributed by atoms with Crippen LogP contribution in [-0.4, -0.2) is 35.2 Å². The van der Waals surface area contributed by atoms with Crippen LogP contribution in [0.1, 0.15) is 17.2 Å². The van der Waals surface area contributed by atoms with Gasteiger partial charge in [-0.25, -0.2) is 9.67 Å². The molecule has 5 heterocycles. The highest BCUT2D eigenvalue weighted by Gasteiger charge is 2.18. The Hall–Kier alpha value is -3.47. The molecule has 140 valence electrons. The van der Waals surface area contributed by atoms with Crippen LogP contribution in [0, 0.1) is 0 Å². The summed E-state index contributed by atoms with van der Waals surface area (Å²) in [6.45, 7) is 0.470. The number of nitrogens with zero attached hydrogens (tertiary/aromatic N) is 6. The maximum Gasteiger partial charge on any atom is 0.314 e. The Balaban J connectivity index is 1.35. The van der Waals surface area contributed by atoms with Crippen molar-refractivity contribution in [2.75, 3.05) is 0 Å². The molecule has 0 spiro atoms. The van der Waals surface area contributed by atoms with Gasteiger partial charge in [0, 0.05) is 16.5 Å². The van der Waals surface area contributed by atoms with Crippen molar-refractivity contribution in [1.82, 2.24) is 35.2 Å². The third-order valence-electron chi connectivity index (χ3n) is 4.03. The SMILES string of the molecule is FC(F)c1nnc(-c2ccc(Cn3cc(-c4ccc5cc[nH]c5n4)nn3)s2)o1. The van der Waals surface area contributed by atoms with E-state index >= 15 is 0 Å². The second-order valence-electron chi connectivity index (χ2n) is 5.93. The van der Waals surface area contributed by atoms with Gasteiger partial charge in [0.05, 0.1) is 23.3 Å². The molecule has 0 aromatic carbocycles. The Labute approximate surface area is 159 Å². The number of hydrogen-bond acceptors (Lipinski definition) is 7. The van der Waals surface area contributed by atoms with Crippen molar-refractivity contribution in [3.05, 3.63) is 53.5 Å². The maximum atomic E-state index is 12.6. The lowest BCUT2D eigenvalue weighted by atomic mass is 10.2. The zero-order valence-corrected chi connectivity index (χ0v) is 14.9. The van der Waals surface area contributed by atoms with Crippen molar-refractivity contribution in [3.8, 4) is 22.2 Å². The van der Waals surface area contributed by atoms with Gasteiger partial charge in [0.25, 0.3) is 11.8 Å². The minimum atomic E-state index is -2.78. The third kappa shape index (κ3) is 3.05. The van der Waals surface area contributed by atoms with Gasteiger partial charge in [0.15, 0.2) is 0 Å². The van der Waals surface area contributed by atoms with Gasteiger partial charge in [0.1, 0.15) is 11.3 Å². The average molecular weight is 399 g/mol. The van der Waals surface area contributed by atoms with Crippen LogP contribution in [-0.2, 0) is 6.54 Å². The molecule has 0 saturated heterocycles. The predicted molar refractivity (Wildman–Crippen MR) is 96.8 cm³/mol. The number of fused-ring (bicyclic) bond motifs is 1. The molecule has 11 heteroatoms. The largest absolute Gasteiger partial charge is 0.414 e. The number of halogens is 2. The number of nitrogens with one attached hydrogen (secondary N) is 1. The molecule has 0 fully saturated rings. The van der Waals surface area contributed by atoms with Gasteiger partial charge in [0.2, 0.25) is 0 Å². The Morgan fingerprint density at radius 2 is 2.00 bits per heavy atom. The lowest BCUT2D eigenvalue weighted by Crippen LogP contribution is -1.98. The fourth-order valence-electron chi connectivity index (χ4n) is 2.73. The zero-order chi connectivity index (χ0) is 19.1. The molecule has 5 aromatic rings. The first-order chi connectivity index (χ1) is 13.7. The average Bonchev–Trinajstić information content (AvgIpc) is 3.47. The van der Waals surface area contributed by atoms with Gasteiger partial charge in [-0.3, -0.25) is 0 Å². The minimum Gasteiger partial charge on any atom is -0.414 e. The molecule has 0 atom stereocenters. The Morgan fingerprint density at radius 1 is 1.07 bits per heavy atom. The van der Waals surface area contributed by atoms with Crippen molar-refractivity contribution in [2.45, 2.75) is 13.0 Å². The van der Waals surface area contributed by atoms with E-state index in [0.29, 0.717) is 17.1 Å². The molecule has 5 aromatic heterocycles. The van der Waals surface area contributed by atoms with Crippen LogP contribution in [0.5, 0.6) is 0 Å². The number of hydrogen-bond donors (Lipinski definition) is 1. The molecule has 0 unspecified atom stereocenters. The predicted octanol–water partition coefficient (Wildman–Crippen LogP) is 3.92. The van der Waals surface area contributed by atoms with E-state index in [1.165, 1.54) is 11.3 Å². The Morgan fingerprint density at radius 3 is 2.86 bits per heavy atom. The Kier molecular flexibility index (Phi) is 3.93. The second kappa shape index (κ2) is 6.60. The molecule has 0 bridgehead atoms. The summed E-state index contributed by atoms with van der Waals surface area (Å²) in [5, 5.41) is 16.3. The molecule has 0 aliphatic rings. The van der Waals surface area contributed by atoms with E-state index in [2.05, 4.69) is 30.5 Å². The summed E-state index contributed by atoms with van der Waals surface area (Å²) < 4.78 is 31.8. The first-order valence-corrected chi connectivity index (χ1v) is 9.02. The summed E-state index contributed by atoms with van der Waals surface area (Å²) in [5.41, 5.74) is 2.17. The standard InChI is InChI=1S/C17H11F2N7OS/c18-14(19)17-24-23-16(27-17)13-4-2-10(28-13)7-26-8-12(22-25-26)11-3-1-9-5-6-20-15(9)21-11/h1-6,8,14H,7H2,(H,20,21). The van der Waals surface area contributed by atoms with Crippen LogP contribution < -0.4 is 0 Å². The lowest BCUT2D eigenvalue weighted by Gasteiger charge is -1.97. The van der Waals surface area contributed by atoms with E-state index in [1.807, 2.05) is 30.5 Å². The fourth-order valence-corrected chi connectivity index (χ4v) is 3.65. The van der Waals surface area contributed by atoms with Gasteiger partial charge in [-0.05, 0) is 30.3 Å². The van der Waals surface area contributed by atoms with Crippen molar-refractivity contribution < 1.29 is 13.2 Å². The molecule has 0 saturated carbocycles. The minimum absolute atomic E-state index is 0.0780. The molecule has 0 aliphatic heterocycles. The van der Waals surface area contributed by atoms with Crippen molar-refractivity contribution in [2.24, 2.45) is 0 Å². The van der Waals surface area contributed by atoms with Gasteiger partial charge in [-0.15, -0.1) is 26.6 Å². The highest BCUT2D eigenvalue weighted by atomic mass is 32.1. The summed E-state index contributed by atoms with van der Waals surface area (Å²) >= 11 is 1.36. The molecule has 0 radical (unpaired) electrons. The summed E-state index contributed by atoms with van der Waals surface area (Å²) in [7, 11) is 0. The molecule has 0 amide bonds. The molecular formula is C17H11F2N7OS. The summed E-state index contributed by atoms with van der Waals surface area (Å²) in [5.74, 6) is -0.605. The van der Waals surface area contributed by atoms with Crippen LogP contribution in [0.25, 0.3) is 33.2 Å². The van der Waals surface area contributed by atoms with Crippen molar-refractivity contribution in [3.63, 3.8) is 0 Å². The van der Waals surface area contributed by atoms with E-state index in [9.17, 15) is 8.78 Å². The van der Waals surface area contributed by atoms with E-state index in [-0.39, 0.29) is 5.89 Å². The number of H-pyrrole nitrogens is 1. The summed E-state index contributed by atoms with van der Waals surface area (Å²) in [6, 6.07) is 9.42. The molecule has 5 rings (SSSR count). The van der Waals surface area contributed by atoms with Crippen LogP contribution >= 0.6 is 11.3 Å². The summed E-state index contributed by atoms with van der Waals surface area (Å²) in [6.07, 6.45) is 0.853. The van der Waals surface area contributed by atoms with E-state index in [0.717, 1.165) is 21.6 Å². The van der Waals surface area contributed by atoms with Gasteiger partial charge >= 0.3 is 6.43 Å². The second-order valence-corrected chi connectivity index (χ2v) is 7.09. The monoisotopic (exact) mass is 399 g/mol. The highest BCUT2D eigenvalue weighted by Crippen LogP contribution is 2.29. The lowest BCUT2D eigenvalue weighted by molar-refractivity contribution is 0.116. The quantitative estimate of drug-likeness (QED) is 0.481. The maximum absolute atomic E-state index is 12.6. The molecule has 8 nitrogen and oxygen atoms in total.